The number of carbonyl (C=O) groups is 2. The van der Waals surface area contributed by atoms with E-state index in [1.807, 2.05) is 49.4 Å². The Morgan fingerprint density at radius 2 is 2.18 bits per heavy atom. The molecule has 1 unspecified atom stereocenters. The highest BCUT2D eigenvalue weighted by Crippen LogP contribution is 2.30. The second-order valence-electron chi connectivity index (χ2n) is 6.75. The molecule has 1 amide bonds. The fourth-order valence-electron chi connectivity index (χ4n) is 3.09. The molecule has 1 aliphatic rings. The van der Waals surface area contributed by atoms with Crippen LogP contribution in [0.2, 0.25) is 5.02 Å². The van der Waals surface area contributed by atoms with Gasteiger partial charge in [-0.25, -0.2) is 9.97 Å². The van der Waals surface area contributed by atoms with Gasteiger partial charge in [0.2, 0.25) is 11.7 Å². The molecule has 28 heavy (non-hydrogen) atoms. The zero-order valence-electron chi connectivity index (χ0n) is 15.6. The molecule has 1 aliphatic heterocycles. The van der Waals surface area contributed by atoms with Gasteiger partial charge in [-0.3, -0.25) is 9.59 Å². The number of likely N-dealkylation sites (N-methyl/N-ethyl adjacent to an activating group) is 1. The van der Waals surface area contributed by atoms with E-state index in [-0.39, 0.29) is 24.3 Å². The second-order valence-corrected chi connectivity index (χ2v) is 8.01. The first-order valence-electron chi connectivity index (χ1n) is 8.69. The van der Waals surface area contributed by atoms with Crippen molar-refractivity contribution in [3.63, 3.8) is 0 Å². The molecule has 144 valence electrons. The number of thiazole rings is 1. The summed E-state index contributed by atoms with van der Waals surface area (Å²) in [6.45, 7) is 3.76. The number of hydrogen-bond acceptors (Lipinski definition) is 6. The predicted octanol–water partition coefficient (Wildman–Crippen LogP) is 3.63. The lowest BCUT2D eigenvalue weighted by atomic mass is 10.1. The lowest BCUT2D eigenvalue weighted by molar-refractivity contribution is -0.116. The minimum Gasteiger partial charge on any atom is -0.348 e. The first-order chi connectivity index (χ1) is 13.3. The number of nitrogens with one attached hydrogen (secondary N) is 1. The van der Waals surface area contributed by atoms with Crippen molar-refractivity contribution in [2.45, 2.75) is 26.4 Å². The van der Waals surface area contributed by atoms with Crippen LogP contribution in [-0.2, 0) is 11.3 Å². The minimum absolute atomic E-state index is 0.0000927. The van der Waals surface area contributed by atoms with E-state index in [1.54, 1.807) is 4.57 Å². The van der Waals surface area contributed by atoms with E-state index in [2.05, 4.69) is 15.3 Å². The van der Waals surface area contributed by atoms with Crippen molar-refractivity contribution in [3.05, 3.63) is 46.2 Å². The summed E-state index contributed by atoms with van der Waals surface area (Å²) >= 11 is 7.52. The summed E-state index contributed by atoms with van der Waals surface area (Å²) in [6.07, 6.45) is 1.52. The van der Waals surface area contributed by atoms with E-state index >= 15 is 0 Å². The van der Waals surface area contributed by atoms with Crippen molar-refractivity contribution < 1.29 is 9.59 Å². The highest BCUT2D eigenvalue weighted by molar-refractivity contribution is 7.14. The van der Waals surface area contributed by atoms with Crippen LogP contribution in [0.25, 0.3) is 11.3 Å². The number of imidazole rings is 1. The SMILES string of the molecule is Cc1ccc(-c2csc(NC(=O)Cn3cnc4c3C(=O)C(C)N4C)n2)cc1Cl. The van der Waals surface area contributed by atoms with Crippen LogP contribution in [0.5, 0.6) is 0 Å². The van der Waals surface area contributed by atoms with Crippen LogP contribution in [0.1, 0.15) is 23.0 Å². The number of fused-ring (bicyclic) bond motifs is 1. The third-order valence-corrected chi connectivity index (χ3v) is 6.04. The summed E-state index contributed by atoms with van der Waals surface area (Å²) in [4.78, 5) is 35.4. The number of Topliss-reactive ketones (excluding diaryl/α,β-unsaturated/α-hetero) is 1. The van der Waals surface area contributed by atoms with E-state index in [9.17, 15) is 9.59 Å². The van der Waals surface area contributed by atoms with Gasteiger partial charge in [-0.2, -0.15) is 0 Å². The average Bonchev–Trinajstić information content (AvgIpc) is 3.33. The number of anilines is 2. The lowest BCUT2D eigenvalue weighted by Gasteiger charge is -2.14. The van der Waals surface area contributed by atoms with Crippen LogP contribution in [-0.4, -0.2) is 39.3 Å². The molecule has 9 heteroatoms. The van der Waals surface area contributed by atoms with Gasteiger partial charge in [0.1, 0.15) is 12.2 Å². The molecular weight excluding hydrogens is 398 g/mol. The Balaban J connectivity index is 1.47. The highest BCUT2D eigenvalue weighted by Gasteiger charge is 2.36. The maximum atomic E-state index is 12.5. The molecule has 0 spiro atoms. The number of carbonyl (C=O) groups excluding carboxylic acids is 2. The van der Waals surface area contributed by atoms with Gasteiger partial charge in [0.25, 0.3) is 0 Å². The molecule has 0 radical (unpaired) electrons. The van der Waals surface area contributed by atoms with E-state index in [4.69, 9.17) is 11.6 Å². The van der Waals surface area contributed by atoms with Crippen molar-refractivity contribution >= 4 is 45.6 Å². The molecular formula is C19H18ClN5O2S. The van der Waals surface area contributed by atoms with Gasteiger partial charge in [0.05, 0.1) is 18.1 Å². The summed E-state index contributed by atoms with van der Waals surface area (Å²) in [5, 5.41) is 5.82. The standard InChI is InChI=1S/C19H18ClN5O2S/c1-10-4-5-12(6-13(10)20)14-8-28-19(22-14)23-15(26)7-25-9-21-18-16(25)17(27)11(2)24(18)3/h4-6,8-9,11H,7H2,1-3H3,(H,22,23,26). The van der Waals surface area contributed by atoms with Crippen molar-refractivity contribution in [3.8, 4) is 11.3 Å². The van der Waals surface area contributed by atoms with Gasteiger partial charge in [-0.05, 0) is 25.5 Å². The fourth-order valence-corrected chi connectivity index (χ4v) is 4.00. The van der Waals surface area contributed by atoms with Gasteiger partial charge in [0, 0.05) is 23.0 Å². The third-order valence-electron chi connectivity index (χ3n) is 4.88. The molecule has 1 aromatic carbocycles. The number of hydrogen-bond donors (Lipinski definition) is 1. The molecule has 1 N–H and O–H groups in total. The fraction of sp³-hybridized carbons (Fsp3) is 0.263. The monoisotopic (exact) mass is 415 g/mol. The van der Waals surface area contributed by atoms with Crippen LogP contribution in [0.3, 0.4) is 0 Å². The molecule has 7 nitrogen and oxygen atoms in total. The first-order valence-corrected chi connectivity index (χ1v) is 9.95. The maximum absolute atomic E-state index is 12.5. The summed E-state index contributed by atoms with van der Waals surface area (Å²) in [5.41, 5.74) is 3.11. The normalized spacial score (nSPS) is 15.8. The second kappa shape index (κ2) is 7.03. The molecule has 4 rings (SSSR count). The Labute approximate surface area is 171 Å². The van der Waals surface area contributed by atoms with E-state index < -0.39 is 0 Å². The zero-order chi connectivity index (χ0) is 20.0. The van der Waals surface area contributed by atoms with Crippen LogP contribution >= 0.6 is 22.9 Å². The van der Waals surface area contributed by atoms with E-state index in [1.165, 1.54) is 17.7 Å². The van der Waals surface area contributed by atoms with Crippen molar-refractivity contribution in [2.24, 2.45) is 0 Å². The molecule has 3 aromatic rings. The van der Waals surface area contributed by atoms with Gasteiger partial charge in [-0.1, -0.05) is 23.7 Å². The molecule has 3 heterocycles. The van der Waals surface area contributed by atoms with Gasteiger partial charge < -0.3 is 14.8 Å². The smallest absolute Gasteiger partial charge is 0.246 e. The van der Waals surface area contributed by atoms with Crippen molar-refractivity contribution in [1.29, 1.82) is 0 Å². The number of nitrogens with zero attached hydrogens (tertiary/aromatic N) is 4. The summed E-state index contributed by atoms with van der Waals surface area (Å²) in [7, 11) is 1.82. The van der Waals surface area contributed by atoms with Crippen molar-refractivity contribution in [2.75, 3.05) is 17.3 Å². The van der Waals surface area contributed by atoms with E-state index in [0.717, 1.165) is 16.8 Å². The zero-order valence-corrected chi connectivity index (χ0v) is 17.1. The van der Waals surface area contributed by atoms with Crippen LogP contribution < -0.4 is 10.2 Å². The van der Waals surface area contributed by atoms with E-state index in [0.29, 0.717) is 21.7 Å². The Hall–Kier alpha value is -2.71. The number of aromatic nitrogens is 3. The topological polar surface area (TPSA) is 80.1 Å². The number of aryl methyl sites for hydroxylation is 1. The number of ketones is 1. The highest BCUT2D eigenvalue weighted by atomic mass is 35.5. The van der Waals surface area contributed by atoms with Crippen LogP contribution in [0.4, 0.5) is 10.9 Å². The van der Waals surface area contributed by atoms with Crippen LogP contribution in [0, 0.1) is 6.92 Å². The molecule has 0 fully saturated rings. The largest absolute Gasteiger partial charge is 0.348 e. The first kappa shape index (κ1) is 18.6. The third kappa shape index (κ3) is 3.18. The molecule has 1 atom stereocenters. The molecule has 0 saturated heterocycles. The lowest BCUT2D eigenvalue weighted by Crippen LogP contribution is -2.29. The minimum atomic E-state index is -0.268. The number of rotatable bonds is 4. The summed E-state index contributed by atoms with van der Waals surface area (Å²) in [5.74, 6) is 0.312. The average molecular weight is 416 g/mol. The summed E-state index contributed by atoms with van der Waals surface area (Å²) < 4.78 is 1.58. The maximum Gasteiger partial charge on any atom is 0.246 e. The molecule has 0 saturated carbocycles. The molecule has 0 aliphatic carbocycles. The quantitative estimate of drug-likeness (QED) is 0.703. The Bertz CT molecular complexity index is 1090. The predicted molar refractivity (Wildman–Crippen MR) is 110 cm³/mol. The number of halogens is 1. The number of benzene rings is 1. The van der Waals surface area contributed by atoms with Gasteiger partial charge in [0.15, 0.2) is 10.9 Å². The Morgan fingerprint density at radius 1 is 1.39 bits per heavy atom. The molecule has 0 bridgehead atoms. The Morgan fingerprint density at radius 3 is 2.93 bits per heavy atom. The van der Waals surface area contributed by atoms with Gasteiger partial charge >= 0.3 is 0 Å². The molecule has 2 aromatic heterocycles. The summed E-state index contributed by atoms with van der Waals surface area (Å²) in [6, 6.07) is 5.47. The van der Waals surface area contributed by atoms with Gasteiger partial charge in [-0.15, -0.1) is 11.3 Å². The number of amides is 1. The Kier molecular flexibility index (Phi) is 4.68. The van der Waals surface area contributed by atoms with Crippen molar-refractivity contribution in [1.82, 2.24) is 14.5 Å². The van der Waals surface area contributed by atoms with Crippen LogP contribution in [0.15, 0.2) is 29.9 Å².